The molecule has 0 radical (unpaired) electrons. The summed E-state index contributed by atoms with van der Waals surface area (Å²) in [5, 5.41) is 19.3. The molecule has 0 amide bonds. The fraction of sp³-hybridized carbons (Fsp3) is 0.333. The first kappa shape index (κ1) is 19.4. The van der Waals surface area contributed by atoms with Gasteiger partial charge in [-0.2, -0.15) is 0 Å². The molecule has 0 aliphatic carbocycles. The number of anilines is 6. The van der Waals surface area contributed by atoms with Crippen molar-refractivity contribution in [3.05, 3.63) is 35.7 Å². The number of aromatic amines is 2. The SMILES string of the molecule is Cc1ccc(N(C)c2nnc(N(C)CCc3ccc(Nc4nnc(N)n4C)o3)[nH]2)[nH]1. The number of H-pyrrole nitrogens is 2. The van der Waals surface area contributed by atoms with Crippen molar-refractivity contribution in [3.63, 3.8) is 0 Å². The topological polar surface area (TPSA) is 146 Å². The lowest BCUT2D eigenvalue weighted by Crippen LogP contribution is -2.21. The number of hydrogen-bond acceptors (Lipinski definition) is 9. The number of nitrogens with zero attached hydrogens (tertiary/aromatic N) is 7. The minimum Gasteiger partial charge on any atom is -0.445 e. The first-order valence-electron chi connectivity index (χ1n) is 9.44. The van der Waals surface area contributed by atoms with E-state index in [1.54, 1.807) is 11.6 Å². The Balaban J connectivity index is 1.34. The molecule has 0 aliphatic rings. The van der Waals surface area contributed by atoms with Gasteiger partial charge in [0, 0.05) is 45.9 Å². The van der Waals surface area contributed by atoms with Crippen LogP contribution in [0.4, 0.5) is 35.5 Å². The molecule has 4 aromatic rings. The highest BCUT2D eigenvalue weighted by atomic mass is 16.4. The molecule has 158 valence electrons. The van der Waals surface area contributed by atoms with Gasteiger partial charge in [0.05, 0.1) is 0 Å². The Morgan fingerprint density at radius 3 is 2.57 bits per heavy atom. The average Bonchev–Trinajstić information content (AvgIpc) is 3.51. The summed E-state index contributed by atoms with van der Waals surface area (Å²) in [6.45, 7) is 2.71. The maximum Gasteiger partial charge on any atom is 0.232 e. The molecular formula is C18H25N11O. The smallest absolute Gasteiger partial charge is 0.232 e. The zero-order chi connectivity index (χ0) is 21.3. The number of aromatic nitrogens is 7. The van der Waals surface area contributed by atoms with Gasteiger partial charge in [-0.1, -0.05) is 0 Å². The number of rotatable bonds is 8. The average molecular weight is 411 g/mol. The van der Waals surface area contributed by atoms with Crippen molar-refractivity contribution in [2.45, 2.75) is 13.3 Å². The molecule has 5 N–H and O–H groups in total. The molecule has 0 bridgehead atoms. The summed E-state index contributed by atoms with van der Waals surface area (Å²) in [4.78, 5) is 10.4. The van der Waals surface area contributed by atoms with Crippen molar-refractivity contribution >= 4 is 35.5 Å². The Kier molecular flexibility index (Phi) is 5.04. The second-order valence-electron chi connectivity index (χ2n) is 7.06. The Morgan fingerprint density at radius 2 is 1.87 bits per heavy atom. The van der Waals surface area contributed by atoms with E-state index in [-0.39, 0.29) is 0 Å². The van der Waals surface area contributed by atoms with Gasteiger partial charge in [-0.05, 0) is 25.1 Å². The number of nitrogens with one attached hydrogen (secondary N) is 3. The van der Waals surface area contributed by atoms with Crippen molar-refractivity contribution in [1.82, 2.24) is 34.9 Å². The van der Waals surface area contributed by atoms with Crippen LogP contribution in [0.1, 0.15) is 11.5 Å². The minimum absolute atomic E-state index is 0.328. The van der Waals surface area contributed by atoms with Crippen molar-refractivity contribution in [3.8, 4) is 0 Å². The van der Waals surface area contributed by atoms with Crippen LogP contribution in [-0.4, -0.2) is 55.6 Å². The van der Waals surface area contributed by atoms with Gasteiger partial charge in [0.15, 0.2) is 5.88 Å². The van der Waals surface area contributed by atoms with Crippen molar-refractivity contribution in [2.75, 3.05) is 41.5 Å². The van der Waals surface area contributed by atoms with Gasteiger partial charge < -0.3 is 20.0 Å². The molecule has 12 nitrogen and oxygen atoms in total. The Hall–Kier alpha value is -3.96. The maximum atomic E-state index is 5.82. The quantitative estimate of drug-likeness (QED) is 0.341. The standard InChI is InChI=1S/C18H25N11O/c1-11-5-7-13(20-11)28(3)18-22-16(24-26-18)27(2)10-9-12-6-8-14(30-12)21-17-25-23-15(19)29(17)4/h5-8,20H,9-10H2,1-4H3,(H2,19,23)(H,21,25)(H,22,24,26). The molecule has 0 saturated heterocycles. The summed E-state index contributed by atoms with van der Waals surface area (Å²) in [6, 6.07) is 7.78. The van der Waals surface area contributed by atoms with Gasteiger partial charge in [0.2, 0.25) is 23.8 Å². The fourth-order valence-electron chi connectivity index (χ4n) is 2.89. The lowest BCUT2D eigenvalue weighted by atomic mass is 10.3. The number of likely N-dealkylation sites (N-methyl/N-ethyl adjacent to an activating group) is 1. The van der Waals surface area contributed by atoms with Crippen LogP contribution in [0.2, 0.25) is 0 Å². The van der Waals surface area contributed by atoms with E-state index < -0.39 is 0 Å². The van der Waals surface area contributed by atoms with E-state index in [1.165, 1.54) is 0 Å². The van der Waals surface area contributed by atoms with E-state index in [9.17, 15) is 0 Å². The van der Waals surface area contributed by atoms with Gasteiger partial charge >= 0.3 is 0 Å². The zero-order valence-corrected chi connectivity index (χ0v) is 17.3. The van der Waals surface area contributed by atoms with Gasteiger partial charge in [0.1, 0.15) is 11.6 Å². The third kappa shape index (κ3) is 3.92. The highest BCUT2D eigenvalue weighted by Crippen LogP contribution is 2.22. The Labute approximate surface area is 173 Å². The summed E-state index contributed by atoms with van der Waals surface area (Å²) in [6.07, 6.45) is 0.695. The molecule has 0 unspecified atom stereocenters. The molecule has 0 saturated carbocycles. The first-order valence-corrected chi connectivity index (χ1v) is 9.44. The van der Waals surface area contributed by atoms with Crippen LogP contribution < -0.4 is 20.9 Å². The van der Waals surface area contributed by atoms with Crippen LogP contribution in [0.15, 0.2) is 28.7 Å². The molecule has 4 rings (SSSR count). The third-order valence-electron chi connectivity index (χ3n) is 4.82. The molecule has 0 spiro atoms. The lowest BCUT2D eigenvalue weighted by molar-refractivity contribution is 0.522. The first-order chi connectivity index (χ1) is 14.4. The summed E-state index contributed by atoms with van der Waals surface area (Å²) in [7, 11) is 5.65. The van der Waals surface area contributed by atoms with E-state index in [4.69, 9.17) is 10.2 Å². The summed E-state index contributed by atoms with van der Waals surface area (Å²) in [5.74, 6) is 4.53. The molecule has 12 heteroatoms. The summed E-state index contributed by atoms with van der Waals surface area (Å²) in [5.41, 5.74) is 6.77. The van der Waals surface area contributed by atoms with E-state index in [0.717, 1.165) is 17.3 Å². The minimum atomic E-state index is 0.328. The molecular weight excluding hydrogens is 386 g/mol. The van der Waals surface area contributed by atoms with E-state index in [2.05, 4.69) is 35.7 Å². The van der Waals surface area contributed by atoms with Gasteiger partial charge in [0.25, 0.3) is 0 Å². The predicted molar refractivity (Wildman–Crippen MR) is 114 cm³/mol. The molecule has 0 atom stereocenters. The van der Waals surface area contributed by atoms with Crippen LogP contribution in [0.25, 0.3) is 0 Å². The monoisotopic (exact) mass is 411 g/mol. The summed E-state index contributed by atoms with van der Waals surface area (Å²) >= 11 is 0. The number of nitrogens with two attached hydrogens (primary N) is 1. The van der Waals surface area contributed by atoms with Crippen LogP contribution in [0.3, 0.4) is 0 Å². The third-order valence-corrected chi connectivity index (χ3v) is 4.82. The van der Waals surface area contributed by atoms with E-state index in [0.29, 0.717) is 42.6 Å². The van der Waals surface area contributed by atoms with Crippen LogP contribution in [-0.2, 0) is 13.5 Å². The second-order valence-corrected chi connectivity index (χ2v) is 7.06. The zero-order valence-electron chi connectivity index (χ0n) is 17.3. The molecule has 4 heterocycles. The van der Waals surface area contributed by atoms with Crippen molar-refractivity contribution < 1.29 is 4.42 Å². The second kappa shape index (κ2) is 7.81. The van der Waals surface area contributed by atoms with Crippen LogP contribution in [0, 0.1) is 6.92 Å². The molecule has 0 aliphatic heterocycles. The Morgan fingerprint density at radius 1 is 1.07 bits per heavy atom. The number of hydrogen-bond donors (Lipinski definition) is 4. The lowest BCUT2D eigenvalue weighted by Gasteiger charge is -2.15. The van der Waals surface area contributed by atoms with E-state index in [1.807, 2.05) is 55.1 Å². The Bertz CT molecular complexity index is 1120. The maximum absolute atomic E-state index is 5.82. The van der Waals surface area contributed by atoms with Gasteiger partial charge in [-0.15, -0.1) is 20.4 Å². The molecule has 0 fully saturated rings. The molecule has 4 aromatic heterocycles. The van der Waals surface area contributed by atoms with E-state index >= 15 is 0 Å². The van der Waals surface area contributed by atoms with Crippen molar-refractivity contribution in [1.29, 1.82) is 0 Å². The van der Waals surface area contributed by atoms with Crippen molar-refractivity contribution in [2.24, 2.45) is 7.05 Å². The number of aryl methyl sites for hydroxylation is 1. The van der Waals surface area contributed by atoms with Crippen LogP contribution >= 0.6 is 0 Å². The highest BCUT2D eigenvalue weighted by molar-refractivity contribution is 5.53. The molecule has 30 heavy (non-hydrogen) atoms. The van der Waals surface area contributed by atoms with Gasteiger partial charge in [-0.25, -0.2) is 0 Å². The molecule has 0 aromatic carbocycles. The fourth-order valence-corrected chi connectivity index (χ4v) is 2.89. The number of nitrogen functional groups attached to an aromatic ring is 1. The largest absolute Gasteiger partial charge is 0.445 e. The van der Waals surface area contributed by atoms with Crippen LogP contribution in [0.5, 0.6) is 0 Å². The number of furan rings is 1. The normalized spacial score (nSPS) is 11.1. The summed E-state index contributed by atoms with van der Waals surface area (Å²) < 4.78 is 7.47. The highest BCUT2D eigenvalue weighted by Gasteiger charge is 2.14. The van der Waals surface area contributed by atoms with Gasteiger partial charge in [-0.3, -0.25) is 19.8 Å². The predicted octanol–water partition coefficient (Wildman–Crippen LogP) is 1.94.